The van der Waals surface area contributed by atoms with Gasteiger partial charge in [0.25, 0.3) is 0 Å². The lowest BCUT2D eigenvalue weighted by Gasteiger charge is -2.11. The molecule has 0 radical (unpaired) electrons. The van der Waals surface area contributed by atoms with E-state index in [0.29, 0.717) is 11.6 Å². The van der Waals surface area contributed by atoms with E-state index < -0.39 is 0 Å². The lowest BCUT2D eigenvalue weighted by molar-refractivity contribution is 0.340. The molecule has 0 atom stereocenters. The van der Waals surface area contributed by atoms with E-state index in [2.05, 4.69) is 16.8 Å². The molecule has 0 spiro atoms. The van der Waals surface area contributed by atoms with Gasteiger partial charge >= 0.3 is 0 Å². The van der Waals surface area contributed by atoms with Crippen LogP contribution in [0.25, 0.3) is 17.1 Å². The minimum absolute atomic E-state index is 0.641. The molecule has 3 aromatic rings. The number of thioether (sulfide) groups is 1. The predicted octanol–water partition coefficient (Wildman–Crippen LogP) is 5.26. The highest BCUT2D eigenvalue weighted by Crippen LogP contribution is 2.29. The number of halogens is 1. The molecule has 0 saturated heterocycles. The first-order chi connectivity index (χ1) is 12.2. The summed E-state index contributed by atoms with van der Waals surface area (Å²) < 4.78 is 7.56. The third-order valence-electron chi connectivity index (χ3n) is 3.47. The van der Waals surface area contributed by atoms with Crippen molar-refractivity contribution >= 4 is 23.4 Å². The van der Waals surface area contributed by atoms with Gasteiger partial charge in [0, 0.05) is 22.0 Å². The molecule has 4 nitrogen and oxygen atoms in total. The lowest BCUT2D eigenvalue weighted by Crippen LogP contribution is -2.00. The van der Waals surface area contributed by atoms with Gasteiger partial charge < -0.3 is 4.74 Å². The maximum Gasteiger partial charge on any atom is 0.196 e. The Bertz CT molecular complexity index is 844. The smallest absolute Gasteiger partial charge is 0.196 e. The van der Waals surface area contributed by atoms with Crippen molar-refractivity contribution in [3.8, 4) is 22.8 Å². The van der Waals surface area contributed by atoms with Crippen LogP contribution in [0.1, 0.15) is 6.92 Å². The molecule has 25 heavy (non-hydrogen) atoms. The summed E-state index contributed by atoms with van der Waals surface area (Å²) in [7, 11) is 0. The monoisotopic (exact) mass is 371 g/mol. The molecule has 2 aromatic carbocycles. The van der Waals surface area contributed by atoms with Crippen LogP contribution in [-0.4, -0.2) is 27.1 Å². The van der Waals surface area contributed by atoms with Crippen LogP contribution in [0.3, 0.4) is 0 Å². The molecule has 0 aliphatic heterocycles. The summed E-state index contributed by atoms with van der Waals surface area (Å²) >= 11 is 7.59. The van der Waals surface area contributed by atoms with E-state index in [1.807, 2.05) is 66.1 Å². The molecule has 3 rings (SSSR count). The number of ether oxygens (including phenoxy) is 1. The molecule has 0 saturated carbocycles. The summed E-state index contributed by atoms with van der Waals surface area (Å²) in [6, 6.07) is 15.5. The van der Waals surface area contributed by atoms with E-state index in [4.69, 9.17) is 16.3 Å². The molecular formula is C19H18ClN3OS. The second-order valence-corrected chi connectivity index (χ2v) is 6.60. The zero-order chi connectivity index (χ0) is 17.6. The quantitative estimate of drug-likeness (QED) is 0.419. The summed E-state index contributed by atoms with van der Waals surface area (Å²) in [4.78, 5) is 0. The highest BCUT2D eigenvalue weighted by Gasteiger charge is 2.16. The maximum atomic E-state index is 6.00. The molecule has 1 aromatic heterocycles. The zero-order valence-electron chi connectivity index (χ0n) is 13.9. The minimum Gasteiger partial charge on any atom is -0.494 e. The summed E-state index contributed by atoms with van der Waals surface area (Å²) in [5.41, 5.74) is 1.93. The second kappa shape index (κ2) is 8.23. The summed E-state index contributed by atoms with van der Waals surface area (Å²) in [5, 5.41) is 10.2. The van der Waals surface area contributed by atoms with Crippen molar-refractivity contribution in [1.29, 1.82) is 0 Å². The molecule has 0 N–H and O–H groups in total. The Morgan fingerprint density at radius 1 is 1.12 bits per heavy atom. The van der Waals surface area contributed by atoms with Gasteiger partial charge in [-0.1, -0.05) is 29.4 Å². The van der Waals surface area contributed by atoms with Crippen LogP contribution in [-0.2, 0) is 0 Å². The van der Waals surface area contributed by atoms with Crippen LogP contribution in [0.4, 0.5) is 0 Å². The van der Waals surface area contributed by atoms with Crippen molar-refractivity contribution in [3.05, 3.63) is 66.2 Å². The number of nitrogens with zero attached hydrogens (tertiary/aromatic N) is 3. The van der Waals surface area contributed by atoms with Crippen molar-refractivity contribution in [1.82, 2.24) is 14.8 Å². The third-order valence-corrected chi connectivity index (χ3v) is 4.65. The standard InChI is InChI=1S/C19H18ClN3OS/c1-3-13-25-19-22-21-18(14-5-7-15(20)8-6-14)23(19)16-9-11-17(12-10-16)24-4-2/h3,5-12H,1,4,13H2,2H3. The maximum absolute atomic E-state index is 6.00. The van der Waals surface area contributed by atoms with Crippen LogP contribution >= 0.6 is 23.4 Å². The Labute approximate surface area is 156 Å². The number of rotatable bonds is 7. The van der Waals surface area contributed by atoms with Gasteiger partial charge in [0.15, 0.2) is 11.0 Å². The average Bonchev–Trinajstić information content (AvgIpc) is 3.05. The Hall–Kier alpha value is -2.24. The van der Waals surface area contributed by atoms with Crippen LogP contribution in [0.15, 0.2) is 66.3 Å². The van der Waals surface area contributed by atoms with Crippen LogP contribution in [0.2, 0.25) is 5.02 Å². The van der Waals surface area contributed by atoms with Gasteiger partial charge in [-0.25, -0.2) is 0 Å². The highest BCUT2D eigenvalue weighted by atomic mass is 35.5. The highest BCUT2D eigenvalue weighted by molar-refractivity contribution is 7.99. The van der Waals surface area contributed by atoms with Crippen LogP contribution < -0.4 is 4.74 Å². The molecule has 0 amide bonds. The summed E-state index contributed by atoms with van der Waals surface area (Å²) in [6.07, 6.45) is 1.85. The fourth-order valence-corrected chi connectivity index (χ4v) is 3.19. The molecule has 0 unspecified atom stereocenters. The normalized spacial score (nSPS) is 10.6. The molecule has 0 aliphatic carbocycles. The lowest BCUT2D eigenvalue weighted by atomic mass is 10.2. The van der Waals surface area contributed by atoms with Crippen molar-refractivity contribution in [2.75, 3.05) is 12.4 Å². The minimum atomic E-state index is 0.641. The number of hydrogen-bond acceptors (Lipinski definition) is 4. The van der Waals surface area contributed by atoms with Gasteiger partial charge in [0.2, 0.25) is 0 Å². The van der Waals surface area contributed by atoms with E-state index >= 15 is 0 Å². The Morgan fingerprint density at radius 3 is 2.48 bits per heavy atom. The van der Waals surface area contributed by atoms with Gasteiger partial charge in [0.1, 0.15) is 5.75 Å². The van der Waals surface area contributed by atoms with Crippen LogP contribution in [0, 0.1) is 0 Å². The Kier molecular flexibility index (Phi) is 5.79. The van der Waals surface area contributed by atoms with Crippen molar-refractivity contribution in [2.45, 2.75) is 12.1 Å². The van der Waals surface area contributed by atoms with Crippen molar-refractivity contribution < 1.29 is 4.74 Å². The van der Waals surface area contributed by atoms with E-state index in [0.717, 1.165) is 33.7 Å². The number of hydrogen-bond donors (Lipinski definition) is 0. The molecule has 1 heterocycles. The number of benzene rings is 2. The number of aromatic nitrogens is 3. The van der Waals surface area contributed by atoms with Gasteiger partial charge in [-0.2, -0.15) is 0 Å². The Balaban J connectivity index is 2.05. The molecule has 128 valence electrons. The topological polar surface area (TPSA) is 39.9 Å². The third kappa shape index (κ3) is 4.06. The predicted molar refractivity (Wildman–Crippen MR) is 104 cm³/mol. The van der Waals surface area contributed by atoms with E-state index in [-0.39, 0.29) is 0 Å². The first kappa shape index (κ1) is 17.6. The van der Waals surface area contributed by atoms with Gasteiger partial charge in [-0.15, -0.1) is 16.8 Å². The molecule has 0 bridgehead atoms. The summed E-state index contributed by atoms with van der Waals surface area (Å²) in [6.45, 7) is 6.39. The SMILES string of the molecule is C=CCSc1nnc(-c2ccc(Cl)cc2)n1-c1ccc(OCC)cc1. The van der Waals surface area contributed by atoms with E-state index in [1.165, 1.54) is 0 Å². The first-order valence-corrected chi connectivity index (χ1v) is 9.27. The van der Waals surface area contributed by atoms with Crippen molar-refractivity contribution in [3.63, 3.8) is 0 Å². The van der Waals surface area contributed by atoms with E-state index in [1.54, 1.807) is 11.8 Å². The largest absolute Gasteiger partial charge is 0.494 e. The van der Waals surface area contributed by atoms with E-state index in [9.17, 15) is 0 Å². The summed E-state index contributed by atoms with van der Waals surface area (Å²) in [5.74, 6) is 2.37. The molecular weight excluding hydrogens is 354 g/mol. The van der Waals surface area contributed by atoms with Crippen molar-refractivity contribution in [2.24, 2.45) is 0 Å². The zero-order valence-corrected chi connectivity index (χ0v) is 15.4. The second-order valence-electron chi connectivity index (χ2n) is 5.18. The Morgan fingerprint density at radius 2 is 1.84 bits per heavy atom. The first-order valence-electron chi connectivity index (χ1n) is 7.91. The molecule has 0 aliphatic rings. The molecule has 6 heteroatoms. The van der Waals surface area contributed by atoms with Gasteiger partial charge in [-0.3, -0.25) is 4.57 Å². The van der Waals surface area contributed by atoms with Gasteiger partial charge in [-0.05, 0) is 55.5 Å². The van der Waals surface area contributed by atoms with Crippen LogP contribution in [0.5, 0.6) is 5.75 Å². The van der Waals surface area contributed by atoms with Gasteiger partial charge in [0.05, 0.1) is 6.61 Å². The fourth-order valence-electron chi connectivity index (χ4n) is 2.37. The molecule has 0 fully saturated rings. The fraction of sp³-hybridized carbons (Fsp3) is 0.158. The average molecular weight is 372 g/mol.